The molecular weight excluding hydrogens is 190 g/mol. The number of hydrogen-bond acceptors (Lipinski definition) is 2. The molecule has 76 valence electrons. The van der Waals surface area contributed by atoms with Gasteiger partial charge in [0.25, 0.3) is 0 Å². The lowest BCUT2D eigenvalue weighted by Crippen LogP contribution is -2.26. The van der Waals surface area contributed by atoms with Crippen molar-refractivity contribution in [3.05, 3.63) is 35.4 Å². The highest BCUT2D eigenvalue weighted by Crippen LogP contribution is 2.25. The molecule has 0 saturated carbocycles. The average molecular weight is 207 g/mol. The number of benzene rings is 1. The van der Waals surface area contributed by atoms with Crippen molar-refractivity contribution in [2.75, 3.05) is 13.1 Å². The minimum Gasteiger partial charge on any atom is -0.317 e. The van der Waals surface area contributed by atoms with E-state index in [1.807, 2.05) is 0 Å². The van der Waals surface area contributed by atoms with E-state index in [-0.39, 0.29) is 0 Å². The Bertz CT molecular complexity index is 275. The summed E-state index contributed by atoms with van der Waals surface area (Å²) in [6, 6.07) is 8.93. The molecular formula is C12H17NS. The maximum Gasteiger partial charge on any atom is 0.0154 e. The first kappa shape index (κ1) is 10.1. The summed E-state index contributed by atoms with van der Waals surface area (Å²) in [6.45, 7) is 2.33. The molecule has 1 aliphatic rings. The fourth-order valence-electron chi connectivity index (χ4n) is 2.05. The van der Waals surface area contributed by atoms with Crippen molar-refractivity contribution in [2.24, 2.45) is 0 Å². The molecule has 0 aromatic heterocycles. The third kappa shape index (κ3) is 2.31. The second-order valence-electron chi connectivity index (χ2n) is 3.92. The van der Waals surface area contributed by atoms with Gasteiger partial charge in [-0.1, -0.05) is 24.3 Å². The Morgan fingerprint density at radius 2 is 1.79 bits per heavy atom. The molecule has 0 spiro atoms. The molecule has 1 aromatic carbocycles. The van der Waals surface area contributed by atoms with Crippen LogP contribution < -0.4 is 5.32 Å². The lowest BCUT2D eigenvalue weighted by molar-refractivity contribution is 0.460. The Morgan fingerprint density at radius 1 is 1.14 bits per heavy atom. The van der Waals surface area contributed by atoms with Crippen LogP contribution >= 0.6 is 12.6 Å². The van der Waals surface area contributed by atoms with Crippen LogP contribution in [0.1, 0.15) is 29.9 Å². The van der Waals surface area contributed by atoms with E-state index in [2.05, 4.69) is 42.2 Å². The summed E-state index contributed by atoms with van der Waals surface area (Å²) in [4.78, 5) is 0. The average Bonchev–Trinajstić information content (AvgIpc) is 2.30. The first-order valence-electron chi connectivity index (χ1n) is 5.30. The molecule has 1 nitrogen and oxygen atoms in total. The van der Waals surface area contributed by atoms with Gasteiger partial charge in [0.1, 0.15) is 0 Å². The number of thiol groups is 1. The van der Waals surface area contributed by atoms with Gasteiger partial charge in [-0.3, -0.25) is 0 Å². The smallest absolute Gasteiger partial charge is 0.0154 e. The molecule has 0 atom stereocenters. The molecule has 0 radical (unpaired) electrons. The summed E-state index contributed by atoms with van der Waals surface area (Å²) in [7, 11) is 0. The second-order valence-corrected chi connectivity index (χ2v) is 4.24. The van der Waals surface area contributed by atoms with Crippen LogP contribution in [-0.4, -0.2) is 13.1 Å². The SMILES string of the molecule is SCc1ccc(C2CCNCC2)cc1. The Balaban J connectivity index is 2.07. The Hall–Kier alpha value is -0.470. The second kappa shape index (κ2) is 4.85. The molecule has 1 saturated heterocycles. The molecule has 2 heteroatoms. The Labute approximate surface area is 91.3 Å². The maximum atomic E-state index is 4.26. The summed E-state index contributed by atoms with van der Waals surface area (Å²) in [6.07, 6.45) is 2.56. The van der Waals surface area contributed by atoms with E-state index in [4.69, 9.17) is 0 Å². The van der Waals surface area contributed by atoms with E-state index in [9.17, 15) is 0 Å². The van der Waals surface area contributed by atoms with Crippen LogP contribution in [-0.2, 0) is 5.75 Å². The maximum absolute atomic E-state index is 4.26. The summed E-state index contributed by atoms with van der Waals surface area (Å²) < 4.78 is 0. The first-order valence-corrected chi connectivity index (χ1v) is 5.94. The van der Waals surface area contributed by atoms with Crippen LogP contribution in [0.15, 0.2) is 24.3 Å². The van der Waals surface area contributed by atoms with Crippen molar-refractivity contribution in [1.29, 1.82) is 0 Å². The van der Waals surface area contributed by atoms with Gasteiger partial charge in [-0.25, -0.2) is 0 Å². The van der Waals surface area contributed by atoms with Crippen molar-refractivity contribution in [3.8, 4) is 0 Å². The highest BCUT2D eigenvalue weighted by Gasteiger charge is 2.14. The summed E-state index contributed by atoms with van der Waals surface area (Å²) in [5, 5.41) is 3.39. The van der Waals surface area contributed by atoms with Gasteiger partial charge in [0.15, 0.2) is 0 Å². The van der Waals surface area contributed by atoms with E-state index in [1.165, 1.54) is 37.1 Å². The molecule has 1 heterocycles. The van der Waals surface area contributed by atoms with Crippen molar-refractivity contribution in [1.82, 2.24) is 5.32 Å². The first-order chi connectivity index (χ1) is 6.90. The van der Waals surface area contributed by atoms with Crippen LogP contribution in [0.4, 0.5) is 0 Å². The van der Waals surface area contributed by atoms with Crippen LogP contribution in [0.25, 0.3) is 0 Å². The minimum atomic E-state index is 0.769. The molecule has 0 unspecified atom stereocenters. The van der Waals surface area contributed by atoms with Gasteiger partial charge in [0.05, 0.1) is 0 Å². The summed E-state index contributed by atoms with van der Waals surface area (Å²) in [5.41, 5.74) is 2.81. The lowest BCUT2D eigenvalue weighted by Gasteiger charge is -2.23. The van der Waals surface area contributed by atoms with Gasteiger partial charge in [0.2, 0.25) is 0 Å². The number of rotatable bonds is 2. The van der Waals surface area contributed by atoms with Gasteiger partial charge in [-0.2, -0.15) is 12.6 Å². The predicted octanol–water partition coefficient (Wildman–Crippen LogP) is 2.58. The molecule has 2 rings (SSSR count). The van der Waals surface area contributed by atoms with Crippen LogP contribution in [0, 0.1) is 0 Å². The third-order valence-corrected chi connectivity index (χ3v) is 3.34. The standard InChI is InChI=1S/C12H17NS/c14-9-10-1-3-11(4-2-10)12-5-7-13-8-6-12/h1-4,12-14H,5-9H2. The summed E-state index contributed by atoms with van der Waals surface area (Å²) >= 11 is 4.26. The predicted molar refractivity (Wildman–Crippen MR) is 64.0 cm³/mol. The monoisotopic (exact) mass is 207 g/mol. The Kier molecular flexibility index (Phi) is 3.49. The molecule has 1 fully saturated rings. The molecule has 0 amide bonds. The zero-order valence-electron chi connectivity index (χ0n) is 8.37. The van der Waals surface area contributed by atoms with E-state index >= 15 is 0 Å². The molecule has 0 bridgehead atoms. The number of nitrogens with one attached hydrogen (secondary N) is 1. The fraction of sp³-hybridized carbons (Fsp3) is 0.500. The van der Waals surface area contributed by atoms with Crippen LogP contribution in [0.2, 0.25) is 0 Å². The van der Waals surface area contributed by atoms with E-state index in [0.717, 1.165) is 11.7 Å². The minimum absolute atomic E-state index is 0.769. The van der Waals surface area contributed by atoms with Crippen molar-refractivity contribution in [2.45, 2.75) is 24.5 Å². The van der Waals surface area contributed by atoms with Crippen molar-refractivity contribution >= 4 is 12.6 Å². The molecule has 0 aliphatic carbocycles. The molecule has 1 aromatic rings. The van der Waals surface area contributed by atoms with Crippen molar-refractivity contribution < 1.29 is 0 Å². The largest absolute Gasteiger partial charge is 0.317 e. The zero-order chi connectivity index (χ0) is 9.80. The molecule has 1 N–H and O–H groups in total. The number of hydrogen-bond donors (Lipinski definition) is 2. The lowest BCUT2D eigenvalue weighted by atomic mass is 9.90. The topological polar surface area (TPSA) is 12.0 Å². The van der Waals surface area contributed by atoms with E-state index in [1.54, 1.807) is 0 Å². The highest BCUT2D eigenvalue weighted by molar-refractivity contribution is 7.79. The van der Waals surface area contributed by atoms with E-state index < -0.39 is 0 Å². The van der Waals surface area contributed by atoms with Gasteiger partial charge < -0.3 is 5.32 Å². The van der Waals surface area contributed by atoms with Gasteiger partial charge in [-0.15, -0.1) is 0 Å². The quantitative estimate of drug-likeness (QED) is 0.710. The normalized spacial score (nSPS) is 18.4. The van der Waals surface area contributed by atoms with E-state index in [0.29, 0.717) is 0 Å². The highest BCUT2D eigenvalue weighted by atomic mass is 32.1. The summed E-state index contributed by atoms with van der Waals surface area (Å²) in [5.74, 6) is 1.61. The zero-order valence-corrected chi connectivity index (χ0v) is 9.26. The van der Waals surface area contributed by atoms with Gasteiger partial charge >= 0.3 is 0 Å². The molecule has 1 aliphatic heterocycles. The number of piperidine rings is 1. The van der Waals surface area contributed by atoms with Crippen molar-refractivity contribution in [3.63, 3.8) is 0 Å². The molecule has 14 heavy (non-hydrogen) atoms. The fourth-order valence-corrected chi connectivity index (χ4v) is 2.26. The van der Waals surface area contributed by atoms with Crippen LogP contribution in [0.5, 0.6) is 0 Å². The third-order valence-electron chi connectivity index (χ3n) is 2.97. The van der Waals surface area contributed by atoms with Crippen LogP contribution in [0.3, 0.4) is 0 Å². The Morgan fingerprint density at radius 3 is 2.36 bits per heavy atom. The van der Waals surface area contributed by atoms with Gasteiger partial charge in [-0.05, 0) is 43.0 Å². The van der Waals surface area contributed by atoms with Gasteiger partial charge in [0, 0.05) is 5.75 Å².